The summed E-state index contributed by atoms with van der Waals surface area (Å²) in [5, 5.41) is 0. The van der Waals surface area contributed by atoms with Crippen molar-refractivity contribution in [2.75, 3.05) is 26.2 Å². The Balaban J connectivity index is 1.30. The van der Waals surface area contributed by atoms with E-state index in [-0.39, 0.29) is 29.7 Å². The van der Waals surface area contributed by atoms with E-state index < -0.39 is 0 Å². The number of hydrogen-bond donors (Lipinski definition) is 2. The predicted octanol–water partition coefficient (Wildman–Crippen LogP) is 2.48. The highest BCUT2D eigenvalue weighted by Crippen LogP contribution is 2.25. The molecule has 2 heterocycles. The minimum Gasteiger partial charge on any atom is -0.338 e. The van der Waals surface area contributed by atoms with Gasteiger partial charge in [0.15, 0.2) is 0 Å². The van der Waals surface area contributed by atoms with E-state index in [4.69, 9.17) is 0 Å². The van der Waals surface area contributed by atoms with Gasteiger partial charge in [-0.05, 0) is 48.4 Å². The Hall–Kier alpha value is -2.29. The average Bonchev–Trinajstić information content (AvgIpc) is 3.24. The van der Waals surface area contributed by atoms with Gasteiger partial charge in [0.1, 0.15) is 11.9 Å². The van der Waals surface area contributed by atoms with E-state index >= 15 is 0 Å². The number of carbonyl (C=O) groups is 2. The number of benzene rings is 2. The van der Waals surface area contributed by atoms with E-state index in [1.165, 1.54) is 24.3 Å². The van der Waals surface area contributed by atoms with Crippen molar-refractivity contribution in [3.05, 3.63) is 69.9 Å². The zero-order chi connectivity index (χ0) is 20.4. The van der Waals surface area contributed by atoms with Crippen LogP contribution in [0.3, 0.4) is 0 Å². The van der Waals surface area contributed by atoms with Crippen molar-refractivity contribution in [1.82, 2.24) is 20.7 Å². The SMILES string of the molecule is O=C(c1ccc(F)cc1)N1CCN(C(=O)C2CC(c3ccc(Br)cc3)NN2)CC1. The third-order valence-electron chi connectivity index (χ3n) is 5.44. The number of amides is 2. The monoisotopic (exact) mass is 460 g/mol. The van der Waals surface area contributed by atoms with E-state index in [9.17, 15) is 14.0 Å². The van der Waals surface area contributed by atoms with Crippen molar-refractivity contribution in [1.29, 1.82) is 0 Å². The van der Waals surface area contributed by atoms with Gasteiger partial charge in [0.05, 0.1) is 0 Å². The fourth-order valence-corrected chi connectivity index (χ4v) is 4.02. The van der Waals surface area contributed by atoms with Crippen LogP contribution >= 0.6 is 15.9 Å². The Morgan fingerprint density at radius 2 is 1.52 bits per heavy atom. The third kappa shape index (κ3) is 4.49. The topological polar surface area (TPSA) is 64.7 Å². The summed E-state index contributed by atoms with van der Waals surface area (Å²) in [4.78, 5) is 28.9. The first-order valence-corrected chi connectivity index (χ1v) is 10.4. The summed E-state index contributed by atoms with van der Waals surface area (Å²) < 4.78 is 14.1. The molecule has 0 radical (unpaired) electrons. The van der Waals surface area contributed by atoms with Gasteiger partial charge in [0.2, 0.25) is 5.91 Å². The van der Waals surface area contributed by atoms with Crippen molar-refractivity contribution in [3.63, 3.8) is 0 Å². The van der Waals surface area contributed by atoms with Gasteiger partial charge in [-0.25, -0.2) is 15.2 Å². The van der Waals surface area contributed by atoms with Gasteiger partial charge in [-0.15, -0.1) is 0 Å². The van der Waals surface area contributed by atoms with Gasteiger partial charge in [-0.2, -0.15) is 0 Å². The fourth-order valence-electron chi connectivity index (χ4n) is 3.76. The van der Waals surface area contributed by atoms with E-state index in [0.717, 1.165) is 10.0 Å². The molecule has 2 aliphatic rings. The van der Waals surface area contributed by atoms with Gasteiger partial charge >= 0.3 is 0 Å². The predicted molar refractivity (Wildman–Crippen MR) is 110 cm³/mol. The van der Waals surface area contributed by atoms with Crippen LogP contribution in [0.4, 0.5) is 4.39 Å². The first-order valence-electron chi connectivity index (χ1n) is 9.61. The molecule has 2 unspecified atom stereocenters. The van der Waals surface area contributed by atoms with Crippen LogP contribution in [0, 0.1) is 5.82 Å². The summed E-state index contributed by atoms with van der Waals surface area (Å²) in [6, 6.07) is 13.4. The largest absolute Gasteiger partial charge is 0.338 e. The maximum atomic E-state index is 13.1. The Bertz CT molecular complexity index is 883. The lowest BCUT2D eigenvalue weighted by molar-refractivity contribution is -0.134. The minimum atomic E-state index is -0.365. The van der Waals surface area contributed by atoms with Crippen LogP contribution in [0.15, 0.2) is 53.0 Å². The van der Waals surface area contributed by atoms with Crippen LogP contribution in [0.25, 0.3) is 0 Å². The van der Waals surface area contributed by atoms with Crippen LogP contribution in [0.5, 0.6) is 0 Å². The Labute approximate surface area is 177 Å². The average molecular weight is 461 g/mol. The van der Waals surface area contributed by atoms with Crippen LogP contribution in [0.1, 0.15) is 28.4 Å². The van der Waals surface area contributed by atoms with Gasteiger partial charge < -0.3 is 9.80 Å². The molecule has 4 rings (SSSR count). The molecule has 0 saturated carbocycles. The number of hydrazine groups is 1. The first-order chi connectivity index (χ1) is 14.0. The van der Waals surface area contributed by atoms with E-state index in [0.29, 0.717) is 38.2 Å². The molecule has 2 atom stereocenters. The second-order valence-electron chi connectivity index (χ2n) is 7.31. The number of rotatable bonds is 3. The standard InChI is InChI=1S/C21H22BrFN4O2/c22-16-5-1-14(2-6-16)18-13-19(25-24-18)21(29)27-11-9-26(10-12-27)20(28)15-3-7-17(23)8-4-15/h1-8,18-19,24-25H,9-13H2. The molecule has 2 fully saturated rings. The number of nitrogens with one attached hydrogen (secondary N) is 2. The first kappa shape index (κ1) is 20.0. The fraction of sp³-hybridized carbons (Fsp3) is 0.333. The molecule has 2 saturated heterocycles. The molecule has 2 amide bonds. The highest BCUT2D eigenvalue weighted by molar-refractivity contribution is 9.10. The van der Waals surface area contributed by atoms with E-state index in [1.807, 2.05) is 24.3 Å². The maximum Gasteiger partial charge on any atom is 0.253 e. The summed E-state index contributed by atoms with van der Waals surface area (Å²) in [5.74, 6) is -0.449. The van der Waals surface area contributed by atoms with Crippen LogP contribution < -0.4 is 10.9 Å². The van der Waals surface area contributed by atoms with Gasteiger partial charge in [-0.3, -0.25) is 9.59 Å². The molecule has 8 heteroatoms. The molecular formula is C21H22BrFN4O2. The lowest BCUT2D eigenvalue weighted by Gasteiger charge is -2.36. The lowest BCUT2D eigenvalue weighted by atomic mass is 10.0. The molecule has 2 aromatic carbocycles. The number of hydrogen-bond acceptors (Lipinski definition) is 4. The van der Waals surface area contributed by atoms with Crippen LogP contribution in [0.2, 0.25) is 0 Å². The van der Waals surface area contributed by atoms with Crippen LogP contribution in [-0.2, 0) is 4.79 Å². The quantitative estimate of drug-likeness (QED) is 0.738. The van der Waals surface area contributed by atoms with Crippen molar-refractivity contribution in [2.45, 2.75) is 18.5 Å². The summed E-state index contributed by atoms with van der Waals surface area (Å²) >= 11 is 3.43. The molecule has 2 N–H and O–H groups in total. The summed E-state index contributed by atoms with van der Waals surface area (Å²) in [5.41, 5.74) is 7.91. The highest BCUT2D eigenvalue weighted by Gasteiger charge is 2.34. The van der Waals surface area contributed by atoms with Crippen molar-refractivity contribution < 1.29 is 14.0 Å². The van der Waals surface area contributed by atoms with Crippen molar-refractivity contribution in [2.24, 2.45) is 0 Å². The molecule has 2 aliphatic heterocycles. The molecule has 0 spiro atoms. The maximum absolute atomic E-state index is 13.1. The molecule has 0 aromatic heterocycles. The summed E-state index contributed by atoms with van der Waals surface area (Å²) in [7, 11) is 0. The second-order valence-corrected chi connectivity index (χ2v) is 8.22. The molecule has 6 nitrogen and oxygen atoms in total. The van der Waals surface area contributed by atoms with E-state index in [1.54, 1.807) is 9.80 Å². The molecule has 2 aromatic rings. The Morgan fingerprint density at radius 3 is 2.17 bits per heavy atom. The van der Waals surface area contributed by atoms with E-state index in [2.05, 4.69) is 26.8 Å². The summed E-state index contributed by atoms with van der Waals surface area (Å²) in [6.45, 7) is 1.93. The molecule has 29 heavy (non-hydrogen) atoms. The number of carbonyl (C=O) groups excluding carboxylic acids is 2. The smallest absolute Gasteiger partial charge is 0.253 e. The molecule has 0 bridgehead atoms. The highest BCUT2D eigenvalue weighted by atomic mass is 79.9. The minimum absolute atomic E-state index is 0.0472. The number of piperazine rings is 1. The third-order valence-corrected chi connectivity index (χ3v) is 5.97. The Kier molecular flexibility index (Phi) is 5.94. The van der Waals surface area contributed by atoms with Gasteiger partial charge in [0, 0.05) is 42.3 Å². The van der Waals surface area contributed by atoms with Gasteiger partial charge in [0.25, 0.3) is 5.91 Å². The number of halogens is 2. The lowest BCUT2D eigenvalue weighted by Crippen LogP contribution is -2.54. The molecular weight excluding hydrogens is 439 g/mol. The normalized spacial score (nSPS) is 22.0. The second kappa shape index (κ2) is 8.61. The number of nitrogens with zero attached hydrogens (tertiary/aromatic N) is 2. The zero-order valence-corrected chi connectivity index (χ0v) is 17.4. The zero-order valence-electron chi connectivity index (χ0n) is 15.8. The molecule has 0 aliphatic carbocycles. The van der Waals surface area contributed by atoms with Crippen molar-refractivity contribution >= 4 is 27.7 Å². The van der Waals surface area contributed by atoms with Crippen LogP contribution in [-0.4, -0.2) is 53.8 Å². The van der Waals surface area contributed by atoms with Gasteiger partial charge in [-0.1, -0.05) is 28.1 Å². The Morgan fingerprint density at radius 1 is 0.897 bits per heavy atom. The molecule has 152 valence electrons. The van der Waals surface area contributed by atoms with Crippen molar-refractivity contribution in [3.8, 4) is 0 Å². The summed E-state index contributed by atoms with van der Waals surface area (Å²) in [6.07, 6.45) is 0.676.